The van der Waals surface area contributed by atoms with Crippen molar-refractivity contribution in [3.8, 4) is 0 Å². The van der Waals surface area contributed by atoms with Gasteiger partial charge in [0.15, 0.2) is 0 Å². The monoisotopic (exact) mass is 204 g/mol. The number of benzene rings is 1. The molecule has 2 nitrogen and oxygen atoms in total. The van der Waals surface area contributed by atoms with Gasteiger partial charge in [-0.05, 0) is 12.8 Å². The van der Waals surface area contributed by atoms with Crippen molar-refractivity contribution in [2.75, 3.05) is 6.61 Å². The van der Waals surface area contributed by atoms with Crippen molar-refractivity contribution >= 4 is 6.21 Å². The van der Waals surface area contributed by atoms with Crippen molar-refractivity contribution in [2.45, 2.75) is 32.6 Å². The molecule has 0 spiro atoms. The Balaban J connectivity index is 2.07. The molecule has 0 N–H and O–H groups in total. The molecule has 2 heteroatoms. The van der Waals surface area contributed by atoms with Crippen LogP contribution in [0, 0.1) is 0 Å². The van der Waals surface area contributed by atoms with Gasteiger partial charge in [0.05, 0.1) is 0 Å². The van der Waals surface area contributed by atoms with Gasteiger partial charge in [-0.3, -0.25) is 0 Å². The summed E-state index contributed by atoms with van der Waals surface area (Å²) in [6.45, 7) is 2.89. The maximum Gasteiger partial charge on any atom is 0.139 e. The first-order valence-electron chi connectivity index (χ1n) is 5.56. The smallest absolute Gasteiger partial charge is 0.139 e. The fourth-order valence-electron chi connectivity index (χ4n) is 1.24. The van der Waals surface area contributed by atoms with Crippen molar-refractivity contribution in [3.63, 3.8) is 0 Å². The molecular formula is C13H18NO. The Morgan fingerprint density at radius 3 is 2.67 bits per heavy atom. The van der Waals surface area contributed by atoms with Crippen molar-refractivity contribution in [3.05, 3.63) is 35.9 Å². The minimum absolute atomic E-state index is 0.694. The molecule has 0 aliphatic rings. The van der Waals surface area contributed by atoms with Gasteiger partial charge in [-0.25, -0.2) is 0 Å². The summed E-state index contributed by atoms with van der Waals surface area (Å²) >= 11 is 0. The van der Waals surface area contributed by atoms with Crippen molar-refractivity contribution in [2.24, 2.45) is 5.16 Å². The van der Waals surface area contributed by atoms with E-state index in [0.717, 1.165) is 12.0 Å². The highest BCUT2D eigenvalue weighted by atomic mass is 16.6. The number of hydrogen-bond acceptors (Lipinski definition) is 2. The zero-order valence-corrected chi connectivity index (χ0v) is 9.28. The van der Waals surface area contributed by atoms with Gasteiger partial charge in [0.2, 0.25) is 0 Å². The van der Waals surface area contributed by atoms with Crippen LogP contribution in [0.2, 0.25) is 0 Å². The highest BCUT2D eigenvalue weighted by Gasteiger charge is 1.88. The first-order chi connectivity index (χ1) is 7.43. The summed E-state index contributed by atoms with van der Waals surface area (Å²) in [6, 6.07) is 9.78. The van der Waals surface area contributed by atoms with E-state index in [0.29, 0.717) is 6.61 Å². The van der Waals surface area contributed by atoms with Crippen molar-refractivity contribution in [1.82, 2.24) is 0 Å². The standard InChI is InChI=1S/C13H18NO/c1-2-3-4-8-11-15-14-12-13-9-6-5-7-10-13/h5-7,9-10H,2-4,8,11H2,1H3. The molecule has 1 radical (unpaired) electrons. The SMILES string of the molecule is CCCCCCO/N=[C]/c1ccccc1. The lowest BCUT2D eigenvalue weighted by atomic mass is 10.2. The van der Waals surface area contributed by atoms with Gasteiger partial charge < -0.3 is 4.84 Å². The van der Waals surface area contributed by atoms with Crippen LogP contribution in [0.15, 0.2) is 35.5 Å². The summed E-state index contributed by atoms with van der Waals surface area (Å²) < 4.78 is 0. The van der Waals surface area contributed by atoms with E-state index in [-0.39, 0.29) is 0 Å². The van der Waals surface area contributed by atoms with E-state index in [9.17, 15) is 0 Å². The van der Waals surface area contributed by atoms with Gasteiger partial charge in [-0.2, -0.15) is 0 Å². The zero-order chi connectivity index (χ0) is 10.8. The average Bonchev–Trinajstić information content (AvgIpc) is 2.29. The molecule has 0 aromatic heterocycles. The summed E-state index contributed by atoms with van der Waals surface area (Å²) in [4.78, 5) is 5.10. The van der Waals surface area contributed by atoms with E-state index >= 15 is 0 Å². The molecule has 0 heterocycles. The van der Waals surface area contributed by atoms with E-state index in [4.69, 9.17) is 4.84 Å². The molecule has 0 amide bonds. The quantitative estimate of drug-likeness (QED) is 0.378. The van der Waals surface area contributed by atoms with Crippen LogP contribution in [-0.2, 0) is 4.84 Å². The van der Waals surface area contributed by atoms with Crippen molar-refractivity contribution < 1.29 is 4.84 Å². The Morgan fingerprint density at radius 2 is 1.93 bits per heavy atom. The average molecular weight is 204 g/mol. The predicted octanol–water partition coefficient (Wildman–Crippen LogP) is 3.49. The van der Waals surface area contributed by atoms with Crippen LogP contribution in [0.5, 0.6) is 0 Å². The summed E-state index contributed by atoms with van der Waals surface area (Å²) in [5.41, 5.74) is 0.950. The van der Waals surface area contributed by atoms with Gasteiger partial charge in [0.1, 0.15) is 12.8 Å². The maximum absolute atomic E-state index is 5.10. The van der Waals surface area contributed by atoms with Gasteiger partial charge in [0, 0.05) is 5.56 Å². The van der Waals surface area contributed by atoms with Crippen LogP contribution in [0.3, 0.4) is 0 Å². The molecule has 0 saturated heterocycles. The number of nitrogens with zero attached hydrogens (tertiary/aromatic N) is 1. The van der Waals surface area contributed by atoms with Crippen molar-refractivity contribution in [1.29, 1.82) is 0 Å². The lowest BCUT2D eigenvalue weighted by molar-refractivity contribution is 0.141. The van der Waals surface area contributed by atoms with Crippen LogP contribution in [0.4, 0.5) is 0 Å². The second-order valence-corrected chi connectivity index (χ2v) is 3.46. The third-order valence-electron chi connectivity index (χ3n) is 2.10. The predicted molar refractivity (Wildman–Crippen MR) is 63.1 cm³/mol. The molecule has 0 aliphatic carbocycles. The first kappa shape index (κ1) is 11.8. The molecule has 0 bridgehead atoms. The third kappa shape index (κ3) is 5.89. The molecule has 1 aromatic carbocycles. The molecule has 0 aliphatic heterocycles. The Labute approximate surface area is 91.9 Å². The fourth-order valence-corrected chi connectivity index (χ4v) is 1.24. The molecule has 1 aromatic rings. The highest BCUT2D eigenvalue weighted by molar-refractivity contribution is 5.78. The van der Waals surface area contributed by atoms with E-state index in [1.165, 1.54) is 19.3 Å². The summed E-state index contributed by atoms with van der Waals surface area (Å²) in [5, 5.41) is 3.79. The van der Waals surface area contributed by atoms with Gasteiger partial charge in [-0.15, -0.1) is 0 Å². The Morgan fingerprint density at radius 1 is 1.13 bits per heavy atom. The molecule has 0 unspecified atom stereocenters. The fraction of sp³-hybridized carbons (Fsp3) is 0.462. The van der Waals surface area contributed by atoms with Gasteiger partial charge in [0.25, 0.3) is 0 Å². The minimum Gasteiger partial charge on any atom is -0.395 e. The van der Waals surface area contributed by atoms with Crippen LogP contribution in [0.1, 0.15) is 38.2 Å². The van der Waals surface area contributed by atoms with Crippen LogP contribution in [0.25, 0.3) is 0 Å². The maximum atomic E-state index is 5.10. The summed E-state index contributed by atoms with van der Waals surface area (Å²) in [7, 11) is 0. The van der Waals surface area contributed by atoms with Crippen LogP contribution < -0.4 is 0 Å². The molecule has 0 saturated carbocycles. The lowest BCUT2D eigenvalue weighted by Gasteiger charge is -1.97. The molecule has 1 rings (SSSR count). The Hall–Kier alpha value is -1.31. The number of unbranched alkanes of at least 4 members (excludes halogenated alkanes) is 3. The summed E-state index contributed by atoms with van der Waals surface area (Å²) in [5.74, 6) is 0. The van der Waals surface area contributed by atoms with Crippen LogP contribution >= 0.6 is 0 Å². The second-order valence-electron chi connectivity index (χ2n) is 3.46. The molecule has 0 fully saturated rings. The third-order valence-corrected chi connectivity index (χ3v) is 2.10. The molecule has 0 atom stereocenters. The highest BCUT2D eigenvalue weighted by Crippen LogP contribution is 1.99. The van der Waals surface area contributed by atoms with Crippen LogP contribution in [-0.4, -0.2) is 12.8 Å². The first-order valence-corrected chi connectivity index (χ1v) is 5.56. The topological polar surface area (TPSA) is 21.6 Å². The largest absolute Gasteiger partial charge is 0.395 e. The summed E-state index contributed by atoms with van der Waals surface area (Å²) in [6.07, 6.45) is 7.66. The molecule has 81 valence electrons. The normalized spacial score (nSPS) is 10.7. The lowest BCUT2D eigenvalue weighted by Crippen LogP contribution is -1.89. The Kier molecular flexibility index (Phi) is 6.30. The second kappa shape index (κ2) is 8.04. The molecular weight excluding hydrogens is 186 g/mol. The zero-order valence-electron chi connectivity index (χ0n) is 9.28. The van der Waals surface area contributed by atoms with Gasteiger partial charge >= 0.3 is 0 Å². The minimum atomic E-state index is 0.694. The van der Waals surface area contributed by atoms with Gasteiger partial charge in [-0.1, -0.05) is 55.3 Å². The van der Waals surface area contributed by atoms with E-state index in [1.54, 1.807) is 0 Å². The molecule has 15 heavy (non-hydrogen) atoms. The van der Waals surface area contributed by atoms with E-state index in [1.807, 2.05) is 30.3 Å². The Bertz CT molecular complexity index is 269. The number of hydrogen-bond donors (Lipinski definition) is 0. The van der Waals surface area contributed by atoms with E-state index in [2.05, 4.69) is 18.3 Å². The number of rotatable bonds is 7. The van der Waals surface area contributed by atoms with E-state index < -0.39 is 0 Å².